The van der Waals surface area contributed by atoms with E-state index in [1.165, 1.54) is 0 Å². The fourth-order valence-corrected chi connectivity index (χ4v) is 1.50. The molecule has 94 valence electrons. The van der Waals surface area contributed by atoms with Gasteiger partial charge < -0.3 is 20.2 Å². The van der Waals surface area contributed by atoms with Crippen LogP contribution in [0.3, 0.4) is 0 Å². The summed E-state index contributed by atoms with van der Waals surface area (Å²) in [6.07, 6.45) is 0. The van der Waals surface area contributed by atoms with Crippen LogP contribution in [0.5, 0.6) is 0 Å². The highest BCUT2D eigenvalue weighted by Gasteiger charge is 2.23. The minimum Gasteiger partial charge on any atom is -0.394 e. The van der Waals surface area contributed by atoms with Gasteiger partial charge in [0.25, 0.3) is 0 Å². The molecule has 1 aromatic rings. The van der Waals surface area contributed by atoms with Crippen molar-refractivity contribution in [1.82, 2.24) is 15.2 Å². The van der Waals surface area contributed by atoms with Crippen molar-refractivity contribution in [3.8, 4) is 0 Å². The molecule has 0 radical (unpaired) electrons. The highest BCUT2D eigenvalue weighted by Crippen LogP contribution is 2.11. The van der Waals surface area contributed by atoms with Crippen LogP contribution in [0, 0.1) is 0 Å². The number of amidine groups is 1. The van der Waals surface area contributed by atoms with Gasteiger partial charge in [-0.25, -0.2) is 4.63 Å². The lowest BCUT2D eigenvalue weighted by Gasteiger charge is -2.28. The third-order valence-corrected chi connectivity index (χ3v) is 2.32. The van der Waals surface area contributed by atoms with Crippen molar-refractivity contribution in [2.75, 3.05) is 38.6 Å². The Morgan fingerprint density at radius 2 is 2.24 bits per heavy atom. The SMILES string of the molecule is CCO/N=C(/c1nonc1N)N1CCOCC1. The molecule has 8 nitrogen and oxygen atoms in total. The van der Waals surface area contributed by atoms with Crippen molar-refractivity contribution >= 4 is 11.7 Å². The zero-order valence-electron chi connectivity index (χ0n) is 9.63. The van der Waals surface area contributed by atoms with E-state index in [-0.39, 0.29) is 5.82 Å². The Hall–Kier alpha value is -1.83. The van der Waals surface area contributed by atoms with Crippen LogP contribution in [0.15, 0.2) is 9.78 Å². The monoisotopic (exact) mass is 241 g/mol. The minimum atomic E-state index is 0.204. The summed E-state index contributed by atoms with van der Waals surface area (Å²) in [5.41, 5.74) is 6.06. The molecule has 0 bridgehead atoms. The number of hydrogen-bond donors (Lipinski definition) is 1. The second kappa shape index (κ2) is 5.48. The molecule has 1 aliphatic heterocycles. The van der Waals surface area contributed by atoms with Crippen molar-refractivity contribution in [3.05, 3.63) is 5.69 Å². The largest absolute Gasteiger partial charge is 0.394 e. The fourth-order valence-electron chi connectivity index (χ4n) is 1.50. The lowest BCUT2D eigenvalue weighted by molar-refractivity contribution is 0.0645. The molecule has 2 N–H and O–H groups in total. The number of anilines is 1. The van der Waals surface area contributed by atoms with E-state index in [9.17, 15) is 0 Å². The maximum atomic E-state index is 5.66. The molecule has 0 unspecified atom stereocenters. The summed E-state index contributed by atoms with van der Waals surface area (Å²) in [4.78, 5) is 7.05. The summed E-state index contributed by atoms with van der Waals surface area (Å²) in [6.45, 7) is 5.01. The number of aromatic nitrogens is 2. The first kappa shape index (κ1) is 11.6. The molecule has 0 aliphatic carbocycles. The van der Waals surface area contributed by atoms with E-state index < -0.39 is 0 Å². The van der Waals surface area contributed by atoms with Crippen LogP contribution in [0.2, 0.25) is 0 Å². The first-order chi connectivity index (χ1) is 8.33. The summed E-state index contributed by atoms with van der Waals surface area (Å²) >= 11 is 0. The smallest absolute Gasteiger partial charge is 0.201 e. The maximum absolute atomic E-state index is 5.66. The van der Waals surface area contributed by atoms with E-state index in [1.54, 1.807) is 0 Å². The molecule has 1 aromatic heterocycles. The zero-order valence-corrected chi connectivity index (χ0v) is 9.63. The van der Waals surface area contributed by atoms with E-state index in [1.807, 2.05) is 11.8 Å². The predicted octanol–water partition coefficient (Wildman–Crippen LogP) is -0.318. The molecular formula is C9H15N5O3. The molecule has 0 amide bonds. The Morgan fingerprint density at radius 3 is 2.82 bits per heavy atom. The van der Waals surface area contributed by atoms with Gasteiger partial charge >= 0.3 is 0 Å². The summed E-state index contributed by atoms with van der Waals surface area (Å²) < 4.78 is 9.85. The summed E-state index contributed by atoms with van der Waals surface area (Å²) in [7, 11) is 0. The molecule has 1 saturated heterocycles. The quantitative estimate of drug-likeness (QED) is 0.440. The second-order valence-corrected chi connectivity index (χ2v) is 3.43. The molecule has 8 heteroatoms. The fraction of sp³-hybridized carbons (Fsp3) is 0.667. The lowest BCUT2D eigenvalue weighted by atomic mass is 10.3. The van der Waals surface area contributed by atoms with E-state index >= 15 is 0 Å². The molecule has 17 heavy (non-hydrogen) atoms. The number of rotatable bonds is 3. The summed E-state index contributed by atoms with van der Waals surface area (Å²) in [5, 5.41) is 11.3. The Kier molecular flexibility index (Phi) is 3.76. The molecule has 0 spiro atoms. The number of hydrogen-bond acceptors (Lipinski definition) is 7. The van der Waals surface area contributed by atoms with Gasteiger partial charge in [0.05, 0.1) is 13.2 Å². The van der Waals surface area contributed by atoms with Crippen LogP contribution in [0.25, 0.3) is 0 Å². The van der Waals surface area contributed by atoms with Gasteiger partial charge in [-0.3, -0.25) is 0 Å². The van der Waals surface area contributed by atoms with Crippen molar-refractivity contribution in [1.29, 1.82) is 0 Å². The van der Waals surface area contributed by atoms with E-state index in [0.29, 0.717) is 44.4 Å². The average molecular weight is 241 g/mol. The van der Waals surface area contributed by atoms with E-state index in [4.69, 9.17) is 15.3 Å². The third-order valence-electron chi connectivity index (χ3n) is 2.32. The standard InChI is InChI=1S/C9H15N5O3/c1-2-16-13-9(7-8(10)12-17-11-7)14-3-5-15-6-4-14/h2-6H2,1H3,(H2,10,12)/b13-9-. The molecule has 2 rings (SSSR count). The highest BCUT2D eigenvalue weighted by atomic mass is 16.6. The van der Waals surface area contributed by atoms with Crippen LogP contribution in [0.1, 0.15) is 12.6 Å². The van der Waals surface area contributed by atoms with Gasteiger partial charge in [-0.15, -0.1) is 0 Å². The van der Waals surface area contributed by atoms with Crippen molar-refractivity contribution in [2.45, 2.75) is 6.92 Å². The zero-order chi connectivity index (χ0) is 12.1. The van der Waals surface area contributed by atoms with Crippen molar-refractivity contribution in [3.63, 3.8) is 0 Å². The third kappa shape index (κ3) is 2.64. The first-order valence-corrected chi connectivity index (χ1v) is 5.44. The van der Waals surface area contributed by atoms with Gasteiger partial charge in [-0.05, 0) is 17.2 Å². The minimum absolute atomic E-state index is 0.204. The predicted molar refractivity (Wildman–Crippen MR) is 59.3 cm³/mol. The molecule has 1 fully saturated rings. The van der Waals surface area contributed by atoms with Gasteiger partial charge in [0.15, 0.2) is 11.5 Å². The van der Waals surface area contributed by atoms with Crippen LogP contribution < -0.4 is 5.73 Å². The Morgan fingerprint density at radius 1 is 1.47 bits per heavy atom. The normalized spacial score (nSPS) is 17.2. The summed E-state index contributed by atoms with van der Waals surface area (Å²) in [5.74, 6) is 0.740. The van der Waals surface area contributed by atoms with Crippen LogP contribution in [-0.4, -0.2) is 54.0 Å². The lowest BCUT2D eigenvalue weighted by Crippen LogP contribution is -2.41. The van der Waals surface area contributed by atoms with Gasteiger partial charge in [-0.2, -0.15) is 0 Å². The van der Waals surface area contributed by atoms with Gasteiger partial charge in [0.2, 0.25) is 5.84 Å². The Labute approximate surface area is 98.3 Å². The molecule has 1 aliphatic rings. The van der Waals surface area contributed by atoms with Crippen LogP contribution >= 0.6 is 0 Å². The Balaban J connectivity index is 2.21. The second-order valence-electron chi connectivity index (χ2n) is 3.43. The van der Waals surface area contributed by atoms with Crippen LogP contribution in [-0.2, 0) is 9.57 Å². The topological polar surface area (TPSA) is 99.0 Å². The average Bonchev–Trinajstić information content (AvgIpc) is 2.78. The Bertz CT molecular complexity index is 386. The molecule has 0 saturated carbocycles. The molecular weight excluding hydrogens is 226 g/mol. The molecule has 0 aromatic carbocycles. The van der Waals surface area contributed by atoms with Gasteiger partial charge in [0, 0.05) is 13.1 Å². The van der Waals surface area contributed by atoms with Crippen molar-refractivity contribution < 1.29 is 14.2 Å². The maximum Gasteiger partial charge on any atom is 0.201 e. The summed E-state index contributed by atoms with van der Waals surface area (Å²) in [6, 6.07) is 0. The van der Waals surface area contributed by atoms with Gasteiger partial charge in [0.1, 0.15) is 6.61 Å². The van der Waals surface area contributed by atoms with Crippen LogP contribution in [0.4, 0.5) is 5.82 Å². The number of nitrogens with two attached hydrogens (primary N) is 1. The molecule has 0 atom stereocenters. The number of ether oxygens (including phenoxy) is 1. The molecule has 2 heterocycles. The van der Waals surface area contributed by atoms with Crippen molar-refractivity contribution in [2.24, 2.45) is 5.16 Å². The van der Waals surface area contributed by atoms with E-state index in [0.717, 1.165) is 0 Å². The number of nitrogens with zero attached hydrogens (tertiary/aromatic N) is 4. The number of nitrogen functional groups attached to an aromatic ring is 1. The van der Waals surface area contributed by atoms with E-state index in [2.05, 4.69) is 20.1 Å². The highest BCUT2D eigenvalue weighted by molar-refractivity contribution is 6.00. The first-order valence-electron chi connectivity index (χ1n) is 5.44. The number of oxime groups is 1. The van der Waals surface area contributed by atoms with Gasteiger partial charge in [-0.1, -0.05) is 5.16 Å². The number of morpholine rings is 1.